The van der Waals surface area contributed by atoms with Crippen LogP contribution in [0.15, 0.2) is 42.6 Å². The van der Waals surface area contributed by atoms with E-state index in [1.165, 1.54) is 36.5 Å². The molecule has 1 atom stereocenters. The van der Waals surface area contributed by atoms with Gasteiger partial charge in [0.15, 0.2) is 0 Å². The predicted molar refractivity (Wildman–Crippen MR) is 73.0 cm³/mol. The van der Waals surface area contributed by atoms with Crippen molar-refractivity contribution in [3.63, 3.8) is 0 Å². The summed E-state index contributed by atoms with van der Waals surface area (Å²) in [5, 5.41) is 21.6. The molecule has 0 aliphatic carbocycles. The van der Waals surface area contributed by atoms with Gasteiger partial charge in [-0.3, -0.25) is 10.1 Å². The van der Waals surface area contributed by atoms with Crippen LogP contribution in [0.2, 0.25) is 0 Å². The van der Waals surface area contributed by atoms with Gasteiger partial charge in [0.2, 0.25) is 5.75 Å². The van der Waals surface area contributed by atoms with Crippen LogP contribution in [-0.2, 0) is 0 Å². The van der Waals surface area contributed by atoms with E-state index in [1.54, 1.807) is 13.0 Å². The largest absolute Gasteiger partial charge is 0.478 e. The molecule has 0 spiro atoms. The predicted octanol–water partition coefficient (Wildman–Crippen LogP) is 3.04. The quantitative estimate of drug-likeness (QED) is 0.618. The van der Waals surface area contributed by atoms with Crippen LogP contribution >= 0.6 is 0 Å². The molecule has 0 fully saturated rings. The second-order valence-electron chi connectivity index (χ2n) is 4.19. The fourth-order valence-corrected chi connectivity index (χ4v) is 1.76. The highest BCUT2D eigenvalue weighted by molar-refractivity contribution is 5.40. The Morgan fingerprint density at radius 1 is 1.14 bits per heavy atom. The van der Waals surface area contributed by atoms with E-state index in [4.69, 9.17) is 4.74 Å². The number of benzene rings is 1. The van der Waals surface area contributed by atoms with E-state index < -0.39 is 21.8 Å². The first-order valence-electron chi connectivity index (χ1n) is 5.99. The van der Waals surface area contributed by atoms with E-state index in [0.717, 1.165) is 0 Å². The normalized spacial score (nSPS) is 11.7. The molecule has 0 bridgehead atoms. The summed E-state index contributed by atoms with van der Waals surface area (Å²) in [7, 11) is 0. The number of non-ortho nitro benzene ring substituents is 1. The molecule has 1 aromatic heterocycles. The van der Waals surface area contributed by atoms with Gasteiger partial charge in [-0.25, -0.2) is 0 Å². The Kier molecular flexibility index (Phi) is 4.07. The first-order chi connectivity index (χ1) is 9.99. The van der Waals surface area contributed by atoms with Gasteiger partial charge in [0, 0.05) is 12.1 Å². The smallest absolute Gasteiger partial charge is 0.406 e. The number of nitrogens with zero attached hydrogens (tertiary/aromatic N) is 3. The lowest BCUT2D eigenvalue weighted by molar-refractivity contribution is -0.390. The summed E-state index contributed by atoms with van der Waals surface area (Å²) in [6.45, 7) is 1.65. The van der Waals surface area contributed by atoms with Crippen molar-refractivity contribution in [2.75, 3.05) is 0 Å². The number of aromatic nitrogens is 1. The zero-order valence-corrected chi connectivity index (χ0v) is 11.0. The molecule has 0 N–H and O–H groups in total. The molecule has 0 aliphatic heterocycles. The molecule has 0 aliphatic rings. The van der Waals surface area contributed by atoms with Crippen LogP contribution in [0.25, 0.3) is 0 Å². The van der Waals surface area contributed by atoms with Crippen molar-refractivity contribution >= 4 is 11.5 Å². The second-order valence-corrected chi connectivity index (χ2v) is 4.19. The molecule has 1 aromatic carbocycles. The molecule has 8 heteroatoms. The van der Waals surface area contributed by atoms with Crippen molar-refractivity contribution in [1.82, 2.24) is 4.98 Å². The molecule has 1 heterocycles. The van der Waals surface area contributed by atoms with Gasteiger partial charge < -0.3 is 14.9 Å². The zero-order chi connectivity index (χ0) is 15.4. The van der Waals surface area contributed by atoms with E-state index in [9.17, 15) is 20.2 Å². The lowest BCUT2D eigenvalue weighted by Crippen LogP contribution is -2.06. The second kappa shape index (κ2) is 5.95. The van der Waals surface area contributed by atoms with Crippen LogP contribution in [-0.4, -0.2) is 14.8 Å². The molecule has 21 heavy (non-hydrogen) atoms. The number of nitro benzene ring substituents is 1. The minimum atomic E-state index is -0.643. The summed E-state index contributed by atoms with van der Waals surface area (Å²) in [6.07, 6.45) is 0.705. The first kappa shape index (κ1) is 14.4. The summed E-state index contributed by atoms with van der Waals surface area (Å²) in [4.78, 5) is 24.1. The fraction of sp³-hybridized carbons (Fsp3) is 0.154. The maximum atomic E-state index is 10.9. The van der Waals surface area contributed by atoms with Crippen molar-refractivity contribution in [2.45, 2.75) is 13.0 Å². The Bertz CT molecular complexity index is 689. The average molecular weight is 289 g/mol. The Morgan fingerprint density at radius 2 is 1.90 bits per heavy atom. The van der Waals surface area contributed by atoms with Crippen LogP contribution in [0.4, 0.5) is 11.5 Å². The molecule has 0 saturated heterocycles. The lowest BCUT2D eigenvalue weighted by Gasteiger charge is -2.14. The number of ether oxygens (including phenoxy) is 1. The lowest BCUT2D eigenvalue weighted by atomic mass is 10.1. The Labute approximate surface area is 119 Å². The van der Waals surface area contributed by atoms with Crippen molar-refractivity contribution in [1.29, 1.82) is 0 Å². The molecule has 0 saturated carbocycles. The number of rotatable bonds is 5. The monoisotopic (exact) mass is 289 g/mol. The summed E-state index contributed by atoms with van der Waals surface area (Å²) >= 11 is 0. The van der Waals surface area contributed by atoms with Gasteiger partial charge in [-0.15, -0.1) is 0 Å². The maximum Gasteiger partial charge on any atom is 0.406 e. The van der Waals surface area contributed by atoms with Gasteiger partial charge in [0.05, 0.1) is 4.92 Å². The van der Waals surface area contributed by atoms with Crippen LogP contribution in [0.5, 0.6) is 5.75 Å². The molecular formula is C13H11N3O5. The highest BCUT2D eigenvalue weighted by atomic mass is 16.6. The van der Waals surface area contributed by atoms with Gasteiger partial charge in [-0.1, -0.05) is 12.1 Å². The molecule has 0 amide bonds. The highest BCUT2D eigenvalue weighted by Gasteiger charge is 2.19. The molecule has 1 unspecified atom stereocenters. The standard InChI is InChI=1S/C13H11N3O5/c1-9(10-4-2-5-11(8-10)15(17)18)21-12-6-3-7-14-13(12)16(19)20/h2-9H,1H3. The Balaban J connectivity index is 2.26. The number of pyridine rings is 1. The number of hydrogen-bond acceptors (Lipinski definition) is 6. The van der Waals surface area contributed by atoms with Crippen LogP contribution < -0.4 is 4.74 Å². The molecular weight excluding hydrogens is 278 g/mol. The summed E-state index contributed by atoms with van der Waals surface area (Å²) in [5.41, 5.74) is 0.478. The van der Waals surface area contributed by atoms with Crippen LogP contribution in [0.1, 0.15) is 18.6 Å². The fourth-order valence-electron chi connectivity index (χ4n) is 1.76. The summed E-state index contributed by atoms with van der Waals surface area (Å²) < 4.78 is 5.50. The van der Waals surface area contributed by atoms with E-state index in [0.29, 0.717) is 5.56 Å². The molecule has 8 nitrogen and oxygen atoms in total. The van der Waals surface area contributed by atoms with E-state index in [2.05, 4.69) is 4.98 Å². The van der Waals surface area contributed by atoms with Crippen molar-refractivity contribution in [3.8, 4) is 5.75 Å². The van der Waals surface area contributed by atoms with Gasteiger partial charge in [0.1, 0.15) is 12.3 Å². The maximum absolute atomic E-state index is 10.9. The van der Waals surface area contributed by atoms with Gasteiger partial charge >= 0.3 is 5.82 Å². The average Bonchev–Trinajstić information content (AvgIpc) is 2.47. The molecule has 2 aromatic rings. The number of hydrogen-bond donors (Lipinski definition) is 0. The molecule has 0 radical (unpaired) electrons. The SMILES string of the molecule is CC(Oc1cccnc1[N+](=O)[O-])c1cccc([N+](=O)[O-])c1. The van der Waals surface area contributed by atoms with Gasteiger partial charge in [-0.2, -0.15) is 0 Å². The van der Waals surface area contributed by atoms with E-state index >= 15 is 0 Å². The minimum absolute atomic E-state index is 0.0153. The van der Waals surface area contributed by atoms with Gasteiger partial charge in [0.25, 0.3) is 5.69 Å². The van der Waals surface area contributed by atoms with Gasteiger partial charge in [-0.05, 0) is 34.5 Å². The van der Waals surface area contributed by atoms with E-state index in [-0.39, 0.29) is 11.4 Å². The van der Waals surface area contributed by atoms with Crippen molar-refractivity contribution in [2.24, 2.45) is 0 Å². The summed E-state index contributed by atoms with van der Waals surface area (Å²) in [5.74, 6) is -0.378. The topological polar surface area (TPSA) is 108 Å². The highest BCUT2D eigenvalue weighted by Crippen LogP contribution is 2.29. The Hall–Kier alpha value is -3.03. The zero-order valence-electron chi connectivity index (χ0n) is 11.0. The van der Waals surface area contributed by atoms with Crippen LogP contribution in [0, 0.1) is 20.2 Å². The third-order valence-corrected chi connectivity index (χ3v) is 2.78. The summed E-state index contributed by atoms with van der Waals surface area (Å²) in [6, 6.07) is 8.86. The van der Waals surface area contributed by atoms with E-state index in [1.807, 2.05) is 0 Å². The van der Waals surface area contributed by atoms with Crippen molar-refractivity contribution in [3.05, 3.63) is 68.4 Å². The van der Waals surface area contributed by atoms with Crippen molar-refractivity contribution < 1.29 is 14.6 Å². The molecule has 2 rings (SSSR count). The number of nitro groups is 2. The third-order valence-electron chi connectivity index (χ3n) is 2.78. The molecule has 108 valence electrons. The Morgan fingerprint density at radius 3 is 2.57 bits per heavy atom. The minimum Gasteiger partial charge on any atom is -0.478 e. The third kappa shape index (κ3) is 3.30. The van der Waals surface area contributed by atoms with Crippen LogP contribution in [0.3, 0.4) is 0 Å². The first-order valence-corrected chi connectivity index (χ1v) is 5.99.